The molecule has 0 amide bonds. The van der Waals surface area contributed by atoms with E-state index in [2.05, 4.69) is 0 Å². The molecule has 0 atom stereocenters. The summed E-state index contributed by atoms with van der Waals surface area (Å²) in [6, 6.07) is 12.0. The predicted molar refractivity (Wildman–Crippen MR) is 86.8 cm³/mol. The highest BCUT2D eigenvalue weighted by Gasteiger charge is 2.36. The second-order valence-corrected chi connectivity index (χ2v) is 8.28. The van der Waals surface area contributed by atoms with E-state index in [1.165, 1.54) is 0 Å². The van der Waals surface area contributed by atoms with Crippen molar-refractivity contribution in [3.8, 4) is 0 Å². The van der Waals surface area contributed by atoms with Crippen LogP contribution in [0.25, 0.3) is 0 Å². The standard InChI is InChI=1S/C16H19NO2S2/c18-21(19,11-9-14-4-2-1-3-5-14)17(16-6-7-16)12-15-8-10-20-13-15/h1-5,8,10,13,16H,6-7,9,11-12H2. The van der Waals surface area contributed by atoms with Gasteiger partial charge in [0, 0.05) is 12.6 Å². The van der Waals surface area contributed by atoms with Crippen LogP contribution in [-0.4, -0.2) is 24.5 Å². The van der Waals surface area contributed by atoms with Crippen LogP contribution >= 0.6 is 11.3 Å². The number of hydrogen-bond donors (Lipinski definition) is 0. The minimum absolute atomic E-state index is 0.192. The van der Waals surface area contributed by atoms with Crippen molar-refractivity contribution >= 4 is 21.4 Å². The van der Waals surface area contributed by atoms with Gasteiger partial charge in [-0.25, -0.2) is 8.42 Å². The highest BCUT2D eigenvalue weighted by molar-refractivity contribution is 7.89. The van der Waals surface area contributed by atoms with E-state index in [0.717, 1.165) is 24.0 Å². The summed E-state index contributed by atoms with van der Waals surface area (Å²) in [7, 11) is -3.20. The summed E-state index contributed by atoms with van der Waals surface area (Å²) >= 11 is 1.61. The summed E-state index contributed by atoms with van der Waals surface area (Å²) in [5, 5.41) is 4.03. The summed E-state index contributed by atoms with van der Waals surface area (Å²) < 4.78 is 27.0. The van der Waals surface area contributed by atoms with Gasteiger partial charge in [0.1, 0.15) is 0 Å². The Morgan fingerprint density at radius 3 is 2.48 bits per heavy atom. The number of hydrogen-bond acceptors (Lipinski definition) is 3. The van der Waals surface area contributed by atoms with Gasteiger partial charge in [0.15, 0.2) is 0 Å². The molecule has 1 aromatic carbocycles. The molecule has 1 aromatic heterocycles. The smallest absolute Gasteiger partial charge is 0.212 e. The van der Waals surface area contributed by atoms with Crippen molar-refractivity contribution in [1.82, 2.24) is 4.31 Å². The number of thiophene rings is 1. The van der Waals surface area contributed by atoms with Crippen LogP contribution in [0, 0.1) is 0 Å². The lowest BCUT2D eigenvalue weighted by Gasteiger charge is -2.21. The molecule has 0 N–H and O–H groups in total. The van der Waals surface area contributed by atoms with E-state index in [-0.39, 0.29) is 11.8 Å². The molecule has 21 heavy (non-hydrogen) atoms. The Kier molecular flexibility index (Phi) is 4.42. The molecule has 0 spiro atoms. The number of sulfonamides is 1. The fourth-order valence-corrected chi connectivity index (χ4v) is 4.79. The number of nitrogens with zero attached hydrogens (tertiary/aromatic N) is 1. The molecular formula is C16H19NO2S2. The molecule has 0 unspecified atom stereocenters. The first-order valence-corrected chi connectivity index (χ1v) is 9.75. The zero-order valence-corrected chi connectivity index (χ0v) is 13.4. The molecular weight excluding hydrogens is 302 g/mol. The maximum Gasteiger partial charge on any atom is 0.214 e. The molecule has 1 aliphatic carbocycles. The van der Waals surface area contributed by atoms with E-state index in [9.17, 15) is 8.42 Å². The minimum atomic E-state index is -3.20. The zero-order valence-electron chi connectivity index (χ0n) is 11.8. The van der Waals surface area contributed by atoms with Crippen LogP contribution in [0.5, 0.6) is 0 Å². The highest BCUT2D eigenvalue weighted by Crippen LogP contribution is 2.31. The largest absolute Gasteiger partial charge is 0.214 e. The Morgan fingerprint density at radius 2 is 1.86 bits per heavy atom. The van der Waals surface area contributed by atoms with Gasteiger partial charge in [-0.15, -0.1) is 0 Å². The first-order chi connectivity index (χ1) is 10.1. The van der Waals surface area contributed by atoms with Gasteiger partial charge in [-0.05, 0) is 47.2 Å². The van der Waals surface area contributed by atoms with Crippen molar-refractivity contribution in [2.75, 3.05) is 5.75 Å². The minimum Gasteiger partial charge on any atom is -0.212 e. The number of aryl methyl sites for hydroxylation is 1. The second-order valence-electron chi connectivity index (χ2n) is 5.46. The Morgan fingerprint density at radius 1 is 1.10 bits per heavy atom. The first-order valence-electron chi connectivity index (χ1n) is 7.20. The number of benzene rings is 1. The molecule has 2 aromatic rings. The lowest BCUT2D eigenvalue weighted by molar-refractivity contribution is 0.399. The van der Waals surface area contributed by atoms with Crippen LogP contribution in [-0.2, 0) is 23.0 Å². The highest BCUT2D eigenvalue weighted by atomic mass is 32.2. The molecule has 1 heterocycles. The van der Waals surface area contributed by atoms with Gasteiger partial charge in [0.2, 0.25) is 10.0 Å². The van der Waals surface area contributed by atoms with Crippen molar-refractivity contribution in [2.45, 2.75) is 31.8 Å². The maximum atomic E-state index is 12.6. The Bertz CT molecular complexity index is 662. The van der Waals surface area contributed by atoms with Crippen LogP contribution in [0.2, 0.25) is 0 Å². The van der Waals surface area contributed by atoms with Crippen LogP contribution in [0.4, 0.5) is 0 Å². The van der Waals surface area contributed by atoms with Crippen molar-refractivity contribution < 1.29 is 8.42 Å². The molecule has 0 aliphatic heterocycles. The second kappa shape index (κ2) is 6.30. The van der Waals surface area contributed by atoms with E-state index in [1.54, 1.807) is 15.6 Å². The van der Waals surface area contributed by atoms with Gasteiger partial charge >= 0.3 is 0 Å². The molecule has 5 heteroatoms. The summed E-state index contributed by atoms with van der Waals surface area (Å²) in [6.45, 7) is 0.519. The fraction of sp³-hybridized carbons (Fsp3) is 0.375. The molecule has 1 aliphatic rings. The Labute approximate surface area is 130 Å². The lowest BCUT2D eigenvalue weighted by Crippen LogP contribution is -2.35. The lowest BCUT2D eigenvalue weighted by atomic mass is 10.2. The molecule has 1 fully saturated rings. The van der Waals surface area contributed by atoms with Gasteiger partial charge in [-0.1, -0.05) is 30.3 Å². The van der Waals surface area contributed by atoms with E-state index < -0.39 is 10.0 Å². The van der Waals surface area contributed by atoms with Crippen molar-refractivity contribution in [2.24, 2.45) is 0 Å². The number of rotatable bonds is 7. The molecule has 3 nitrogen and oxygen atoms in total. The van der Waals surface area contributed by atoms with Crippen LogP contribution < -0.4 is 0 Å². The third-order valence-electron chi connectivity index (χ3n) is 3.72. The Hall–Kier alpha value is -1.17. The third-order valence-corrected chi connectivity index (χ3v) is 6.32. The van der Waals surface area contributed by atoms with Gasteiger partial charge in [0.05, 0.1) is 5.75 Å². The summed E-state index contributed by atoms with van der Waals surface area (Å²) in [5.41, 5.74) is 2.17. The van der Waals surface area contributed by atoms with Gasteiger partial charge < -0.3 is 0 Å². The van der Waals surface area contributed by atoms with Crippen molar-refractivity contribution in [3.05, 3.63) is 58.3 Å². The molecule has 3 rings (SSSR count). The zero-order chi connectivity index (χ0) is 14.7. The fourth-order valence-electron chi connectivity index (χ4n) is 2.39. The van der Waals surface area contributed by atoms with E-state index in [1.807, 2.05) is 47.2 Å². The molecule has 112 valence electrons. The maximum absolute atomic E-state index is 12.6. The van der Waals surface area contributed by atoms with Gasteiger partial charge in [0.25, 0.3) is 0 Å². The van der Waals surface area contributed by atoms with Crippen LogP contribution in [0.1, 0.15) is 24.0 Å². The molecule has 0 saturated heterocycles. The first kappa shape index (κ1) is 14.8. The van der Waals surface area contributed by atoms with E-state index in [0.29, 0.717) is 13.0 Å². The molecule has 1 saturated carbocycles. The summed E-state index contributed by atoms with van der Waals surface area (Å²) in [5.74, 6) is 0.192. The molecule has 0 bridgehead atoms. The van der Waals surface area contributed by atoms with Crippen molar-refractivity contribution in [1.29, 1.82) is 0 Å². The SMILES string of the molecule is O=S(=O)(CCc1ccccc1)N(Cc1ccsc1)C1CC1. The average molecular weight is 321 g/mol. The quantitative estimate of drug-likeness (QED) is 0.785. The topological polar surface area (TPSA) is 37.4 Å². The normalized spacial score (nSPS) is 15.5. The van der Waals surface area contributed by atoms with E-state index in [4.69, 9.17) is 0 Å². The summed E-state index contributed by atoms with van der Waals surface area (Å²) in [4.78, 5) is 0. The molecule has 0 radical (unpaired) electrons. The third kappa shape index (κ3) is 3.93. The van der Waals surface area contributed by atoms with E-state index >= 15 is 0 Å². The van der Waals surface area contributed by atoms with Gasteiger partial charge in [-0.3, -0.25) is 0 Å². The van der Waals surface area contributed by atoms with Crippen LogP contribution in [0.15, 0.2) is 47.2 Å². The average Bonchev–Trinajstić information content (AvgIpc) is 3.19. The monoisotopic (exact) mass is 321 g/mol. The van der Waals surface area contributed by atoms with Gasteiger partial charge in [-0.2, -0.15) is 15.6 Å². The predicted octanol–water partition coefficient (Wildman–Crippen LogP) is 3.29. The Balaban J connectivity index is 1.68. The summed E-state index contributed by atoms with van der Waals surface area (Å²) in [6.07, 6.45) is 2.57. The van der Waals surface area contributed by atoms with Crippen LogP contribution in [0.3, 0.4) is 0 Å². The van der Waals surface area contributed by atoms with Crippen molar-refractivity contribution in [3.63, 3.8) is 0 Å².